The molecule has 0 unspecified atom stereocenters. The van der Waals surface area contributed by atoms with Gasteiger partial charge in [0.05, 0.1) is 6.26 Å². The fraction of sp³-hybridized carbons (Fsp3) is 0.348. The molecule has 3 rings (SSSR count). The van der Waals surface area contributed by atoms with Gasteiger partial charge in [-0.15, -0.1) is 0 Å². The minimum absolute atomic E-state index is 0.0540. The number of nitrogens with zero attached hydrogens (tertiary/aromatic N) is 1. The highest BCUT2D eigenvalue weighted by molar-refractivity contribution is 6.39. The molecule has 30 heavy (non-hydrogen) atoms. The Morgan fingerprint density at radius 3 is 2.57 bits per heavy atom. The Morgan fingerprint density at radius 2 is 1.90 bits per heavy atom. The lowest BCUT2D eigenvalue weighted by Gasteiger charge is -2.31. The first-order valence-electron chi connectivity index (χ1n) is 10.1. The fourth-order valence-electron chi connectivity index (χ4n) is 3.45. The minimum Gasteiger partial charge on any atom is -0.465 e. The molecule has 7 nitrogen and oxygen atoms in total. The number of anilines is 1. The second-order valence-corrected chi connectivity index (χ2v) is 7.60. The van der Waals surface area contributed by atoms with E-state index in [4.69, 9.17) is 4.42 Å². The third-order valence-corrected chi connectivity index (χ3v) is 5.25. The van der Waals surface area contributed by atoms with Crippen LogP contribution in [0.25, 0.3) is 6.08 Å². The van der Waals surface area contributed by atoms with Gasteiger partial charge >= 0.3 is 11.8 Å². The molecular formula is C23H27N3O4. The van der Waals surface area contributed by atoms with Gasteiger partial charge in [0.25, 0.3) is 0 Å². The quantitative estimate of drug-likeness (QED) is 0.587. The van der Waals surface area contributed by atoms with Crippen molar-refractivity contribution in [1.29, 1.82) is 0 Å². The summed E-state index contributed by atoms with van der Waals surface area (Å²) in [5.74, 6) is -0.491. The van der Waals surface area contributed by atoms with Gasteiger partial charge in [0, 0.05) is 31.4 Å². The summed E-state index contributed by atoms with van der Waals surface area (Å²) in [6.07, 6.45) is 6.28. The van der Waals surface area contributed by atoms with Crippen LogP contribution in [0.2, 0.25) is 0 Å². The standard InChI is InChI=1S/C23H27N3O4/c1-16-5-7-20(17(2)14-16)25-23(29)22(28)24-15-18-9-11-26(12-10-18)21(27)8-6-19-4-3-13-30-19/h3-8,13-14,18H,9-12,15H2,1-2H3,(H,24,28)(H,25,29)/b8-6+. The van der Waals surface area contributed by atoms with Crippen LogP contribution in [0, 0.1) is 19.8 Å². The molecule has 0 radical (unpaired) electrons. The van der Waals surface area contributed by atoms with E-state index in [0.29, 0.717) is 31.1 Å². The van der Waals surface area contributed by atoms with Gasteiger partial charge in [-0.2, -0.15) is 0 Å². The van der Waals surface area contributed by atoms with Gasteiger partial charge in [0.15, 0.2) is 0 Å². The monoisotopic (exact) mass is 409 g/mol. The minimum atomic E-state index is -0.669. The molecule has 3 amide bonds. The summed E-state index contributed by atoms with van der Waals surface area (Å²) >= 11 is 0. The first kappa shape index (κ1) is 21.4. The Balaban J connectivity index is 1.40. The number of aryl methyl sites for hydroxylation is 2. The number of hydrogen-bond donors (Lipinski definition) is 2. The maximum Gasteiger partial charge on any atom is 0.313 e. The van der Waals surface area contributed by atoms with Gasteiger partial charge < -0.3 is 20.0 Å². The zero-order valence-corrected chi connectivity index (χ0v) is 17.3. The molecule has 0 aliphatic carbocycles. The van der Waals surface area contributed by atoms with Crippen molar-refractivity contribution in [1.82, 2.24) is 10.2 Å². The lowest BCUT2D eigenvalue weighted by atomic mass is 9.96. The van der Waals surface area contributed by atoms with E-state index in [1.165, 1.54) is 6.08 Å². The van der Waals surface area contributed by atoms with Crippen LogP contribution in [-0.4, -0.2) is 42.3 Å². The van der Waals surface area contributed by atoms with Crippen LogP contribution >= 0.6 is 0 Å². The van der Waals surface area contributed by atoms with Crippen molar-refractivity contribution < 1.29 is 18.8 Å². The Morgan fingerprint density at radius 1 is 1.13 bits per heavy atom. The fourth-order valence-corrected chi connectivity index (χ4v) is 3.45. The van der Waals surface area contributed by atoms with E-state index in [2.05, 4.69) is 10.6 Å². The molecule has 0 saturated carbocycles. The van der Waals surface area contributed by atoms with Crippen molar-refractivity contribution in [3.8, 4) is 0 Å². The molecule has 0 spiro atoms. The highest BCUT2D eigenvalue weighted by atomic mass is 16.3. The number of carbonyl (C=O) groups is 3. The molecule has 0 atom stereocenters. The average Bonchev–Trinajstić information content (AvgIpc) is 3.26. The predicted octanol–water partition coefficient (Wildman–Crippen LogP) is 2.90. The summed E-state index contributed by atoms with van der Waals surface area (Å²) in [5.41, 5.74) is 2.64. The van der Waals surface area contributed by atoms with Gasteiger partial charge in [0.2, 0.25) is 5.91 Å². The molecule has 1 aromatic carbocycles. The Bertz CT molecular complexity index is 926. The number of likely N-dealkylation sites (tertiary alicyclic amines) is 1. The Kier molecular flexibility index (Phi) is 7.06. The van der Waals surface area contributed by atoms with Crippen molar-refractivity contribution >= 4 is 29.5 Å². The molecule has 1 aliphatic heterocycles. The van der Waals surface area contributed by atoms with Crippen LogP contribution in [0.3, 0.4) is 0 Å². The summed E-state index contributed by atoms with van der Waals surface area (Å²) in [7, 11) is 0. The van der Waals surface area contributed by atoms with Gasteiger partial charge in [-0.25, -0.2) is 0 Å². The van der Waals surface area contributed by atoms with E-state index >= 15 is 0 Å². The zero-order chi connectivity index (χ0) is 21.5. The van der Waals surface area contributed by atoms with Crippen molar-refractivity contribution in [3.05, 3.63) is 59.6 Å². The van der Waals surface area contributed by atoms with Gasteiger partial charge in [-0.1, -0.05) is 17.7 Å². The number of nitrogens with one attached hydrogen (secondary N) is 2. The number of rotatable bonds is 5. The summed E-state index contributed by atoms with van der Waals surface area (Å²) in [6.45, 7) is 5.52. The zero-order valence-electron chi connectivity index (χ0n) is 17.3. The molecule has 2 heterocycles. The maximum atomic E-state index is 12.3. The van der Waals surface area contributed by atoms with E-state index in [1.54, 1.807) is 35.4 Å². The number of benzene rings is 1. The van der Waals surface area contributed by atoms with Crippen molar-refractivity contribution in [2.45, 2.75) is 26.7 Å². The number of carbonyl (C=O) groups excluding carboxylic acids is 3. The van der Waals surface area contributed by atoms with E-state index in [0.717, 1.165) is 24.0 Å². The number of amides is 3. The third-order valence-electron chi connectivity index (χ3n) is 5.25. The van der Waals surface area contributed by atoms with Crippen LogP contribution in [0.15, 0.2) is 47.1 Å². The first-order valence-corrected chi connectivity index (χ1v) is 10.1. The summed E-state index contributed by atoms with van der Waals surface area (Å²) in [4.78, 5) is 38.3. The van der Waals surface area contributed by atoms with Crippen LogP contribution < -0.4 is 10.6 Å². The lowest BCUT2D eigenvalue weighted by molar-refractivity contribution is -0.136. The number of furan rings is 1. The molecule has 1 fully saturated rings. The summed E-state index contributed by atoms with van der Waals surface area (Å²) in [6, 6.07) is 9.19. The van der Waals surface area contributed by atoms with Crippen molar-refractivity contribution in [2.24, 2.45) is 5.92 Å². The Hall–Kier alpha value is -3.35. The second-order valence-electron chi connectivity index (χ2n) is 7.60. The molecule has 1 aromatic heterocycles. The number of hydrogen-bond acceptors (Lipinski definition) is 4. The highest BCUT2D eigenvalue weighted by Crippen LogP contribution is 2.18. The lowest BCUT2D eigenvalue weighted by Crippen LogP contribution is -2.43. The second kappa shape index (κ2) is 9.91. The predicted molar refractivity (Wildman–Crippen MR) is 115 cm³/mol. The highest BCUT2D eigenvalue weighted by Gasteiger charge is 2.23. The first-order chi connectivity index (χ1) is 14.4. The van der Waals surface area contributed by atoms with E-state index in [1.807, 2.05) is 26.0 Å². The van der Waals surface area contributed by atoms with E-state index < -0.39 is 11.8 Å². The molecule has 7 heteroatoms. The average molecular weight is 409 g/mol. The normalized spacial score (nSPS) is 14.7. The van der Waals surface area contributed by atoms with Crippen LogP contribution in [0.1, 0.15) is 29.7 Å². The Labute approximate surface area is 176 Å². The maximum absolute atomic E-state index is 12.3. The molecule has 1 aliphatic rings. The third kappa shape index (κ3) is 5.83. The van der Waals surface area contributed by atoms with Crippen molar-refractivity contribution in [3.63, 3.8) is 0 Å². The molecular weight excluding hydrogens is 382 g/mol. The topological polar surface area (TPSA) is 91.7 Å². The largest absolute Gasteiger partial charge is 0.465 e. The summed E-state index contributed by atoms with van der Waals surface area (Å²) < 4.78 is 5.18. The molecule has 0 bridgehead atoms. The SMILES string of the molecule is Cc1ccc(NC(=O)C(=O)NCC2CCN(C(=O)/C=C/c3ccco3)CC2)c(C)c1. The van der Waals surface area contributed by atoms with Gasteiger partial charge in [0.1, 0.15) is 5.76 Å². The van der Waals surface area contributed by atoms with Crippen molar-refractivity contribution in [2.75, 3.05) is 25.0 Å². The van der Waals surface area contributed by atoms with E-state index in [-0.39, 0.29) is 11.8 Å². The van der Waals surface area contributed by atoms with E-state index in [9.17, 15) is 14.4 Å². The van der Waals surface area contributed by atoms with Gasteiger partial charge in [-0.3, -0.25) is 14.4 Å². The van der Waals surface area contributed by atoms with Gasteiger partial charge in [-0.05, 0) is 62.4 Å². The molecule has 158 valence electrons. The molecule has 2 aromatic rings. The smallest absolute Gasteiger partial charge is 0.313 e. The molecule has 1 saturated heterocycles. The van der Waals surface area contributed by atoms with Crippen LogP contribution in [0.4, 0.5) is 5.69 Å². The number of piperidine rings is 1. The van der Waals surface area contributed by atoms with Crippen LogP contribution in [-0.2, 0) is 14.4 Å². The summed E-state index contributed by atoms with van der Waals surface area (Å²) in [5, 5.41) is 5.36. The molecule has 2 N–H and O–H groups in total. The van der Waals surface area contributed by atoms with Crippen LogP contribution in [0.5, 0.6) is 0 Å².